The van der Waals surface area contributed by atoms with E-state index in [1.807, 2.05) is 0 Å². The average Bonchev–Trinajstić information content (AvgIpc) is 2.58. The first-order valence-corrected chi connectivity index (χ1v) is 7.20. The minimum atomic E-state index is -9.22. The molecule has 0 spiro atoms. The lowest BCUT2D eigenvalue weighted by Gasteiger charge is -2.44. The highest BCUT2D eigenvalue weighted by molar-refractivity contribution is 5.17. The summed E-state index contributed by atoms with van der Waals surface area (Å²) in [6.45, 7) is 0. The molecule has 0 fully saturated rings. The van der Waals surface area contributed by atoms with E-state index in [0.29, 0.717) is 5.73 Å². The van der Waals surface area contributed by atoms with E-state index >= 15 is 0 Å². The molecule has 0 saturated heterocycles. The molecule has 35 heavy (non-hydrogen) atoms. The van der Waals surface area contributed by atoms with E-state index in [9.17, 15) is 101 Å². The normalized spacial score (nSPS) is 18.5. The summed E-state index contributed by atoms with van der Waals surface area (Å²) >= 11 is 0. The summed E-state index contributed by atoms with van der Waals surface area (Å²) in [4.78, 5) is 0. The van der Waals surface area contributed by atoms with Crippen LogP contribution in [0.25, 0.3) is 0 Å². The van der Waals surface area contributed by atoms with Gasteiger partial charge in [0, 0.05) is 0 Å². The lowest BCUT2D eigenvalue weighted by atomic mass is 9.84. The molecular weight excluding hydrogens is 583 g/mol. The van der Waals surface area contributed by atoms with Gasteiger partial charge >= 0.3 is 65.5 Å². The zero-order valence-corrected chi connectivity index (χ0v) is 14.9. The summed E-state index contributed by atoms with van der Waals surface area (Å²) < 4.78 is 295. The second-order valence-corrected chi connectivity index (χ2v) is 6.39. The molecule has 0 amide bonds. The standard InChI is InChI=1S/C11H2F23N/c12-1(13,2(14,15)4(18,19)7(24,25)10(29,30)31)3(16,17)5(20,21)9(28,35)6(22,23)8(26,27)11(32,33)34/h35H2/p+1. The lowest BCUT2D eigenvalue weighted by molar-refractivity contribution is -0.640. The number of halogens is 23. The van der Waals surface area contributed by atoms with Gasteiger partial charge in [0.05, 0.1) is 0 Å². The maximum absolute atomic E-state index is 13.6. The van der Waals surface area contributed by atoms with E-state index in [4.69, 9.17) is 0 Å². The topological polar surface area (TPSA) is 27.6 Å². The van der Waals surface area contributed by atoms with Crippen LogP contribution in [0.5, 0.6) is 0 Å². The van der Waals surface area contributed by atoms with Crippen molar-refractivity contribution in [3.8, 4) is 0 Å². The first-order chi connectivity index (χ1) is 14.5. The zero-order valence-electron chi connectivity index (χ0n) is 14.9. The minimum absolute atomic E-state index is 0.385. The van der Waals surface area contributed by atoms with Gasteiger partial charge in [-0.3, -0.25) is 0 Å². The van der Waals surface area contributed by atoms with Crippen LogP contribution in [-0.4, -0.2) is 65.5 Å². The first-order valence-electron chi connectivity index (χ1n) is 7.20. The van der Waals surface area contributed by atoms with E-state index in [1.165, 1.54) is 0 Å². The Balaban J connectivity index is 7.15. The van der Waals surface area contributed by atoms with Crippen LogP contribution in [0.2, 0.25) is 0 Å². The molecule has 0 aromatic rings. The summed E-state index contributed by atoms with van der Waals surface area (Å²) in [6, 6.07) is 0. The Morgan fingerprint density at radius 3 is 0.600 bits per heavy atom. The van der Waals surface area contributed by atoms with Crippen LogP contribution in [0.1, 0.15) is 0 Å². The zero-order chi connectivity index (χ0) is 29.5. The van der Waals surface area contributed by atoms with Gasteiger partial charge in [0.15, 0.2) is 0 Å². The number of hydrogen-bond donors (Lipinski definition) is 1. The summed E-state index contributed by atoms with van der Waals surface area (Å²) in [7, 11) is 0. The maximum Gasteiger partial charge on any atom is 0.460 e. The molecule has 0 heterocycles. The summed E-state index contributed by atoms with van der Waals surface area (Å²) in [5.41, 5.74) is 0.385. The van der Waals surface area contributed by atoms with Crippen molar-refractivity contribution in [2.75, 3.05) is 0 Å². The fraction of sp³-hybridized carbons (Fsp3) is 1.00. The number of hydrogen-bond acceptors (Lipinski definition) is 0. The van der Waals surface area contributed by atoms with E-state index < -0.39 is 65.5 Å². The van der Waals surface area contributed by atoms with Crippen molar-refractivity contribution in [2.24, 2.45) is 0 Å². The molecule has 0 saturated carbocycles. The van der Waals surface area contributed by atoms with Gasteiger partial charge in [-0.1, -0.05) is 0 Å². The molecular formula is C11H3F23N+. The van der Waals surface area contributed by atoms with Gasteiger partial charge in [-0.15, -0.1) is 0 Å². The molecule has 0 aromatic heterocycles. The third kappa shape index (κ3) is 3.82. The molecule has 24 heteroatoms. The van der Waals surface area contributed by atoms with Crippen LogP contribution in [0.3, 0.4) is 0 Å². The third-order valence-corrected chi connectivity index (χ3v) is 4.07. The largest absolute Gasteiger partial charge is 0.460 e. The van der Waals surface area contributed by atoms with Crippen LogP contribution < -0.4 is 5.73 Å². The Hall–Kier alpha value is -1.65. The Labute approximate surface area is 174 Å². The van der Waals surface area contributed by atoms with Gasteiger partial charge in [0.2, 0.25) is 0 Å². The monoisotopic (exact) mass is 586 g/mol. The van der Waals surface area contributed by atoms with Crippen molar-refractivity contribution < 1.29 is 107 Å². The second kappa shape index (κ2) is 7.68. The quantitative estimate of drug-likeness (QED) is 0.263. The average molecular weight is 586 g/mol. The second-order valence-electron chi connectivity index (χ2n) is 6.39. The lowest BCUT2D eigenvalue weighted by Crippen LogP contribution is -2.92. The Bertz CT molecular complexity index is 716. The maximum atomic E-state index is 13.6. The van der Waals surface area contributed by atoms with Crippen LogP contribution in [-0.2, 0) is 0 Å². The molecule has 212 valence electrons. The van der Waals surface area contributed by atoms with Crippen molar-refractivity contribution >= 4 is 0 Å². The smallest absolute Gasteiger partial charge is 0.315 e. The molecule has 1 unspecified atom stereocenters. The molecule has 0 aromatic carbocycles. The molecule has 3 N–H and O–H groups in total. The van der Waals surface area contributed by atoms with Crippen molar-refractivity contribution in [2.45, 2.75) is 65.5 Å². The van der Waals surface area contributed by atoms with Crippen LogP contribution >= 0.6 is 0 Å². The first kappa shape index (κ1) is 33.4. The van der Waals surface area contributed by atoms with Gasteiger partial charge < -0.3 is 5.73 Å². The van der Waals surface area contributed by atoms with Gasteiger partial charge in [0.25, 0.3) is 0 Å². The molecule has 0 rings (SSSR count). The Morgan fingerprint density at radius 2 is 0.371 bits per heavy atom. The van der Waals surface area contributed by atoms with Crippen molar-refractivity contribution in [1.29, 1.82) is 0 Å². The fourth-order valence-electron chi connectivity index (χ4n) is 1.84. The van der Waals surface area contributed by atoms with E-state index in [2.05, 4.69) is 0 Å². The van der Waals surface area contributed by atoms with Crippen LogP contribution in [0.4, 0.5) is 101 Å². The molecule has 0 aliphatic carbocycles. The molecule has 0 bridgehead atoms. The minimum Gasteiger partial charge on any atom is -0.315 e. The van der Waals surface area contributed by atoms with Gasteiger partial charge in [0.1, 0.15) is 0 Å². The fourth-order valence-corrected chi connectivity index (χ4v) is 1.84. The summed E-state index contributed by atoms with van der Waals surface area (Å²) in [6.07, 6.45) is -16.0. The molecule has 1 atom stereocenters. The third-order valence-electron chi connectivity index (χ3n) is 4.07. The van der Waals surface area contributed by atoms with E-state index in [-0.39, 0.29) is 0 Å². The molecule has 0 aliphatic rings. The van der Waals surface area contributed by atoms with Crippen molar-refractivity contribution in [3.05, 3.63) is 0 Å². The van der Waals surface area contributed by atoms with E-state index in [0.717, 1.165) is 0 Å². The number of quaternary nitrogens is 1. The van der Waals surface area contributed by atoms with Gasteiger partial charge in [-0.25, -0.2) is 0 Å². The van der Waals surface area contributed by atoms with Crippen molar-refractivity contribution in [3.63, 3.8) is 0 Å². The SMILES string of the molecule is [NH3+]C(F)(C(F)(F)C(F)(F)C(F)(F)F)C(F)(F)C(F)(F)C(F)(F)C(F)(F)C(F)(F)C(F)(F)C(F)(F)F. The van der Waals surface area contributed by atoms with E-state index in [1.54, 1.807) is 0 Å². The molecule has 0 aliphatic heterocycles. The highest BCUT2D eigenvalue weighted by atomic mass is 19.4. The summed E-state index contributed by atoms with van der Waals surface area (Å²) in [5.74, 6) is -78.5. The predicted molar refractivity (Wildman–Crippen MR) is 58.4 cm³/mol. The summed E-state index contributed by atoms with van der Waals surface area (Å²) in [5, 5.41) is 0. The van der Waals surface area contributed by atoms with Crippen LogP contribution in [0.15, 0.2) is 0 Å². The highest BCUT2D eigenvalue weighted by Crippen LogP contribution is 2.65. The number of alkyl halides is 23. The Morgan fingerprint density at radius 1 is 0.229 bits per heavy atom. The predicted octanol–water partition coefficient (Wildman–Crippen LogP) is 6.10. The Kier molecular flexibility index (Phi) is 7.32. The van der Waals surface area contributed by atoms with Crippen molar-refractivity contribution in [1.82, 2.24) is 0 Å². The van der Waals surface area contributed by atoms with Gasteiger partial charge in [-0.05, 0) is 0 Å². The highest BCUT2D eigenvalue weighted by Gasteiger charge is 2.99. The van der Waals surface area contributed by atoms with Gasteiger partial charge in [-0.2, -0.15) is 101 Å². The number of rotatable bonds is 8. The molecule has 1 nitrogen and oxygen atoms in total. The molecule has 0 radical (unpaired) electrons. The van der Waals surface area contributed by atoms with Crippen LogP contribution in [0, 0.1) is 0 Å².